The van der Waals surface area contributed by atoms with Crippen molar-refractivity contribution < 1.29 is 9.47 Å². The second-order valence-corrected chi connectivity index (χ2v) is 8.81. The van der Waals surface area contributed by atoms with Crippen LogP contribution in [0.5, 0.6) is 11.5 Å². The van der Waals surface area contributed by atoms with Gasteiger partial charge in [-0.1, -0.05) is 44.0 Å². The van der Waals surface area contributed by atoms with Crippen LogP contribution >= 0.6 is 47.8 Å². The lowest BCUT2D eigenvalue weighted by molar-refractivity contribution is 0.303. The summed E-state index contributed by atoms with van der Waals surface area (Å²) in [5.74, 6) is 1.42. The maximum absolute atomic E-state index is 9.71. The fourth-order valence-corrected chi connectivity index (χ4v) is 4.32. The zero-order valence-corrected chi connectivity index (χ0v) is 20.2. The molecule has 3 aromatic carbocycles. The molecule has 0 spiro atoms. The molecule has 0 atom stereocenters. The van der Waals surface area contributed by atoms with Gasteiger partial charge in [0.1, 0.15) is 18.1 Å². The monoisotopic (exact) mass is 575 g/mol. The van der Waals surface area contributed by atoms with E-state index < -0.39 is 0 Å². The zero-order chi connectivity index (χ0) is 20.8. The lowest BCUT2D eigenvalue weighted by Crippen LogP contribution is -1.98. The fourth-order valence-electron chi connectivity index (χ4n) is 2.68. The first kappa shape index (κ1) is 21.6. The Labute approximate surface area is 195 Å². The molecule has 0 aliphatic heterocycles. The number of nitriles is 1. The largest absolute Gasteiger partial charge is 0.497 e. The Kier molecular flexibility index (Phi) is 7.54. The van der Waals surface area contributed by atoms with Crippen molar-refractivity contribution in [2.75, 3.05) is 7.11 Å². The number of halogens is 3. The molecule has 0 saturated carbocycles. The number of benzene rings is 3. The molecule has 3 nitrogen and oxygen atoms in total. The lowest BCUT2D eigenvalue weighted by atomic mass is 10.0. The van der Waals surface area contributed by atoms with E-state index in [0.29, 0.717) is 17.9 Å². The summed E-state index contributed by atoms with van der Waals surface area (Å²) in [6.07, 6.45) is 1.83. The average molecular weight is 578 g/mol. The molecular formula is C23H16Br3NO2. The molecule has 29 heavy (non-hydrogen) atoms. The summed E-state index contributed by atoms with van der Waals surface area (Å²) in [5.41, 5.74) is 3.19. The molecule has 0 saturated heterocycles. The average Bonchev–Trinajstić information content (AvgIpc) is 2.72. The number of ether oxygens (including phenoxy) is 2. The quantitative estimate of drug-likeness (QED) is 0.223. The molecule has 0 amide bonds. The van der Waals surface area contributed by atoms with E-state index in [-0.39, 0.29) is 0 Å². The van der Waals surface area contributed by atoms with Crippen LogP contribution in [0.15, 0.2) is 74.1 Å². The molecule has 3 rings (SSSR count). The first-order chi connectivity index (χ1) is 14.0. The van der Waals surface area contributed by atoms with Crippen LogP contribution in [0.2, 0.25) is 0 Å². The van der Waals surface area contributed by atoms with Gasteiger partial charge in [-0.25, -0.2) is 0 Å². The molecule has 0 heterocycles. The van der Waals surface area contributed by atoms with Crippen molar-refractivity contribution in [2.24, 2.45) is 0 Å². The van der Waals surface area contributed by atoms with Crippen molar-refractivity contribution in [1.82, 2.24) is 0 Å². The third kappa shape index (κ3) is 5.72. The SMILES string of the molecule is COc1ccc(/C(C#N)=C/c2cc(Br)cc(Br)c2OCc2ccc(Br)cc2)cc1. The predicted octanol–water partition coefficient (Wildman–Crippen LogP) is 7.63. The van der Waals surface area contributed by atoms with E-state index in [2.05, 4.69) is 53.9 Å². The highest BCUT2D eigenvalue weighted by Gasteiger charge is 2.12. The highest BCUT2D eigenvalue weighted by Crippen LogP contribution is 2.36. The number of hydrogen-bond acceptors (Lipinski definition) is 3. The van der Waals surface area contributed by atoms with Crippen molar-refractivity contribution >= 4 is 59.4 Å². The molecule has 146 valence electrons. The summed E-state index contributed by atoms with van der Waals surface area (Å²) in [6.45, 7) is 0.415. The molecule has 0 aliphatic rings. The van der Waals surface area contributed by atoms with E-state index in [1.54, 1.807) is 7.11 Å². The van der Waals surface area contributed by atoms with E-state index in [0.717, 1.165) is 35.9 Å². The second kappa shape index (κ2) is 10.1. The van der Waals surface area contributed by atoms with Gasteiger partial charge in [-0.3, -0.25) is 0 Å². The van der Waals surface area contributed by atoms with E-state index in [1.165, 1.54) is 0 Å². The van der Waals surface area contributed by atoms with Crippen LogP contribution in [0.3, 0.4) is 0 Å². The predicted molar refractivity (Wildman–Crippen MR) is 127 cm³/mol. The summed E-state index contributed by atoms with van der Waals surface area (Å²) in [6, 6.07) is 21.5. The van der Waals surface area contributed by atoms with Crippen LogP contribution in [0.25, 0.3) is 11.6 Å². The maximum atomic E-state index is 9.71. The molecule has 0 unspecified atom stereocenters. The summed E-state index contributed by atoms with van der Waals surface area (Å²) < 4.78 is 14.0. The van der Waals surface area contributed by atoms with Crippen molar-refractivity contribution in [3.05, 3.63) is 90.8 Å². The Balaban J connectivity index is 1.95. The maximum Gasteiger partial charge on any atom is 0.141 e. The molecule has 0 N–H and O–H groups in total. The topological polar surface area (TPSA) is 42.2 Å². The summed E-state index contributed by atoms with van der Waals surface area (Å²) in [5, 5.41) is 9.71. The number of hydrogen-bond donors (Lipinski definition) is 0. The smallest absolute Gasteiger partial charge is 0.141 e. The first-order valence-electron chi connectivity index (χ1n) is 8.62. The van der Waals surface area contributed by atoms with Gasteiger partial charge >= 0.3 is 0 Å². The minimum absolute atomic E-state index is 0.415. The Morgan fingerprint density at radius 3 is 2.28 bits per heavy atom. The van der Waals surface area contributed by atoms with Crippen LogP contribution in [0.1, 0.15) is 16.7 Å². The molecule has 3 aromatic rings. The van der Waals surface area contributed by atoms with Gasteiger partial charge in [-0.2, -0.15) is 5.26 Å². The van der Waals surface area contributed by atoms with E-state index in [4.69, 9.17) is 9.47 Å². The van der Waals surface area contributed by atoms with E-state index in [1.807, 2.05) is 66.7 Å². The van der Waals surface area contributed by atoms with E-state index >= 15 is 0 Å². The van der Waals surface area contributed by atoms with Crippen LogP contribution in [-0.4, -0.2) is 7.11 Å². The van der Waals surface area contributed by atoms with E-state index in [9.17, 15) is 5.26 Å². The van der Waals surface area contributed by atoms with Gasteiger partial charge in [-0.15, -0.1) is 0 Å². The van der Waals surface area contributed by atoms with Gasteiger partial charge < -0.3 is 9.47 Å². The molecule has 0 radical (unpaired) electrons. The Bertz CT molecular complexity index is 1070. The highest BCUT2D eigenvalue weighted by molar-refractivity contribution is 9.11. The van der Waals surface area contributed by atoms with Crippen LogP contribution < -0.4 is 9.47 Å². The summed E-state index contributed by atoms with van der Waals surface area (Å²) in [4.78, 5) is 0. The number of methoxy groups -OCH3 is 1. The van der Waals surface area contributed by atoms with Gasteiger partial charge in [0.05, 0.1) is 23.2 Å². The minimum atomic E-state index is 0.415. The van der Waals surface area contributed by atoms with Crippen molar-refractivity contribution in [3.8, 4) is 17.6 Å². The lowest BCUT2D eigenvalue weighted by Gasteiger charge is -2.13. The number of allylic oxidation sites excluding steroid dienone is 1. The van der Waals surface area contributed by atoms with Crippen LogP contribution in [0, 0.1) is 11.3 Å². The Morgan fingerprint density at radius 1 is 0.966 bits per heavy atom. The third-order valence-electron chi connectivity index (χ3n) is 4.15. The zero-order valence-electron chi connectivity index (χ0n) is 15.5. The second-order valence-electron chi connectivity index (χ2n) is 6.12. The highest BCUT2D eigenvalue weighted by atomic mass is 79.9. The Hall–Kier alpha value is -2.07. The fraction of sp³-hybridized carbons (Fsp3) is 0.0870. The van der Waals surface area contributed by atoms with Crippen molar-refractivity contribution in [2.45, 2.75) is 6.61 Å². The molecular weight excluding hydrogens is 562 g/mol. The van der Waals surface area contributed by atoms with Crippen molar-refractivity contribution in [1.29, 1.82) is 5.26 Å². The number of nitrogens with zero attached hydrogens (tertiary/aromatic N) is 1. The minimum Gasteiger partial charge on any atom is -0.497 e. The van der Waals surface area contributed by atoms with Crippen LogP contribution in [-0.2, 0) is 6.61 Å². The molecule has 0 fully saturated rings. The third-order valence-corrected chi connectivity index (χ3v) is 5.73. The van der Waals surface area contributed by atoms with Crippen molar-refractivity contribution in [3.63, 3.8) is 0 Å². The number of rotatable bonds is 6. The van der Waals surface area contributed by atoms with Crippen LogP contribution in [0.4, 0.5) is 0 Å². The normalized spacial score (nSPS) is 11.1. The van der Waals surface area contributed by atoms with Gasteiger partial charge in [0, 0.05) is 14.5 Å². The summed E-state index contributed by atoms with van der Waals surface area (Å²) in [7, 11) is 1.62. The van der Waals surface area contributed by atoms with Gasteiger partial charge in [0.15, 0.2) is 0 Å². The Morgan fingerprint density at radius 2 is 1.66 bits per heavy atom. The molecule has 0 bridgehead atoms. The standard InChI is InChI=1S/C23H16Br3NO2/c1-28-21-8-4-16(5-9-21)18(13-27)10-17-11-20(25)12-22(26)23(17)29-14-15-2-6-19(24)7-3-15/h2-12H,14H2,1H3/b18-10+. The molecule has 6 heteroatoms. The van der Waals surface area contributed by atoms with Gasteiger partial charge in [0.2, 0.25) is 0 Å². The first-order valence-corrected chi connectivity index (χ1v) is 11.0. The molecule has 0 aliphatic carbocycles. The molecule has 0 aromatic heterocycles. The summed E-state index contributed by atoms with van der Waals surface area (Å²) >= 11 is 10.5. The van der Waals surface area contributed by atoms with Gasteiger partial charge in [-0.05, 0) is 81.7 Å². The van der Waals surface area contributed by atoms with Gasteiger partial charge in [0.25, 0.3) is 0 Å².